The highest BCUT2D eigenvalue weighted by atomic mass is 35.5. The van der Waals surface area contributed by atoms with Gasteiger partial charge in [0.05, 0.1) is 17.9 Å². The number of carbonyl (C=O) groups excluding carboxylic acids is 2. The number of rotatable bonds is 5. The zero-order valence-electron chi connectivity index (χ0n) is 14.7. The average molecular weight is 370 g/mol. The minimum Gasteiger partial charge on any atom is -0.463 e. The van der Waals surface area contributed by atoms with Gasteiger partial charge in [0.25, 0.3) is 0 Å². The first-order valence-corrected chi connectivity index (χ1v) is 8.91. The second-order valence-corrected chi connectivity index (χ2v) is 6.67. The first-order valence-electron chi connectivity index (χ1n) is 8.53. The summed E-state index contributed by atoms with van der Waals surface area (Å²) in [5.41, 5.74) is 3.43. The van der Waals surface area contributed by atoms with E-state index in [4.69, 9.17) is 16.3 Å². The fraction of sp³-hybridized carbons (Fsp3) is 0.238. The molecule has 1 aliphatic carbocycles. The Morgan fingerprint density at radius 3 is 2.42 bits per heavy atom. The lowest BCUT2D eigenvalue weighted by Gasteiger charge is -2.15. The van der Waals surface area contributed by atoms with E-state index in [0.29, 0.717) is 16.3 Å². The van der Waals surface area contributed by atoms with Gasteiger partial charge in [-0.25, -0.2) is 4.79 Å². The minimum atomic E-state index is -0.465. The topological polar surface area (TPSA) is 55.4 Å². The zero-order chi connectivity index (χ0) is 18.7. The Kier molecular flexibility index (Phi) is 5.43. The van der Waals surface area contributed by atoms with Gasteiger partial charge in [-0.1, -0.05) is 41.4 Å². The van der Waals surface area contributed by atoms with Gasteiger partial charge in [-0.2, -0.15) is 0 Å². The van der Waals surface area contributed by atoms with Crippen LogP contribution in [0.4, 0.5) is 5.69 Å². The number of ether oxygens (including phenoxy) is 1. The maximum atomic E-state index is 12.7. The van der Waals surface area contributed by atoms with Crippen LogP contribution in [-0.4, -0.2) is 18.4 Å². The van der Waals surface area contributed by atoms with Crippen LogP contribution in [0.25, 0.3) is 0 Å². The molecule has 2 aromatic rings. The zero-order valence-corrected chi connectivity index (χ0v) is 15.5. The van der Waals surface area contributed by atoms with Gasteiger partial charge in [0.1, 0.15) is 0 Å². The quantitative estimate of drug-likeness (QED) is 0.780. The highest BCUT2D eigenvalue weighted by Crippen LogP contribution is 2.39. The van der Waals surface area contributed by atoms with E-state index in [2.05, 4.69) is 5.32 Å². The number of ketones is 1. The summed E-state index contributed by atoms with van der Waals surface area (Å²) in [6.07, 6.45) is 0.226. The lowest BCUT2D eigenvalue weighted by molar-refractivity contribution is -0.138. The monoisotopic (exact) mass is 369 g/mol. The van der Waals surface area contributed by atoms with Crippen LogP contribution in [0.1, 0.15) is 30.4 Å². The number of hydrogen-bond donors (Lipinski definition) is 1. The third-order valence-electron chi connectivity index (χ3n) is 4.37. The summed E-state index contributed by atoms with van der Waals surface area (Å²) >= 11 is 5.96. The van der Waals surface area contributed by atoms with Crippen molar-refractivity contribution in [3.63, 3.8) is 0 Å². The molecule has 0 bridgehead atoms. The second-order valence-electron chi connectivity index (χ2n) is 6.23. The lowest BCUT2D eigenvalue weighted by Crippen LogP contribution is -2.16. The molecule has 0 saturated heterocycles. The summed E-state index contributed by atoms with van der Waals surface area (Å²) in [5, 5.41) is 3.73. The van der Waals surface area contributed by atoms with Gasteiger partial charge in [0.15, 0.2) is 5.78 Å². The molecule has 0 radical (unpaired) electrons. The maximum Gasteiger partial charge on any atom is 0.336 e. The fourth-order valence-electron chi connectivity index (χ4n) is 3.07. The normalized spacial score (nSPS) is 16.7. The lowest BCUT2D eigenvalue weighted by atomic mass is 9.92. The number of nitrogens with one attached hydrogen (secondary N) is 1. The number of benzene rings is 2. The van der Waals surface area contributed by atoms with Crippen molar-refractivity contribution in [3.05, 3.63) is 76.0 Å². The van der Waals surface area contributed by atoms with Crippen LogP contribution in [0.5, 0.6) is 0 Å². The van der Waals surface area contributed by atoms with Crippen LogP contribution < -0.4 is 5.32 Å². The Morgan fingerprint density at radius 2 is 1.81 bits per heavy atom. The highest BCUT2D eigenvalue weighted by molar-refractivity contribution is 6.30. The number of aryl methyl sites for hydroxylation is 1. The molecule has 26 heavy (non-hydrogen) atoms. The van der Waals surface area contributed by atoms with Gasteiger partial charge in [-0.3, -0.25) is 4.79 Å². The van der Waals surface area contributed by atoms with Crippen molar-refractivity contribution < 1.29 is 14.3 Å². The van der Waals surface area contributed by atoms with E-state index >= 15 is 0 Å². The van der Waals surface area contributed by atoms with Gasteiger partial charge in [-0.05, 0) is 43.7 Å². The molecule has 1 N–H and O–H groups in total. The molecular formula is C21H20ClNO3. The Bertz CT molecular complexity index is 854. The third-order valence-corrected chi connectivity index (χ3v) is 4.63. The molecule has 0 heterocycles. The number of esters is 1. The van der Waals surface area contributed by atoms with Crippen molar-refractivity contribution in [3.8, 4) is 0 Å². The number of allylic oxidation sites excluding steroid dienone is 1. The molecule has 4 nitrogen and oxygen atoms in total. The first-order chi connectivity index (χ1) is 12.5. The number of halogens is 1. The summed E-state index contributed by atoms with van der Waals surface area (Å²) in [5.74, 6) is -0.909. The Labute approximate surface area is 157 Å². The predicted molar refractivity (Wildman–Crippen MR) is 102 cm³/mol. The molecule has 0 amide bonds. The summed E-state index contributed by atoms with van der Waals surface area (Å²) in [6, 6.07) is 14.9. The number of hydrogen-bond acceptors (Lipinski definition) is 4. The van der Waals surface area contributed by atoms with Gasteiger partial charge in [0, 0.05) is 23.0 Å². The third kappa shape index (κ3) is 3.81. The van der Waals surface area contributed by atoms with Crippen molar-refractivity contribution in [2.24, 2.45) is 0 Å². The van der Waals surface area contributed by atoms with Gasteiger partial charge < -0.3 is 10.1 Å². The second kappa shape index (κ2) is 7.75. The van der Waals surface area contributed by atoms with Crippen LogP contribution in [0.15, 0.2) is 59.8 Å². The van der Waals surface area contributed by atoms with Crippen molar-refractivity contribution in [1.29, 1.82) is 0 Å². The van der Waals surface area contributed by atoms with Crippen molar-refractivity contribution in [2.75, 3.05) is 11.9 Å². The summed E-state index contributed by atoms with van der Waals surface area (Å²) in [7, 11) is 0. The summed E-state index contributed by atoms with van der Waals surface area (Å²) in [4.78, 5) is 25.3. The van der Waals surface area contributed by atoms with Gasteiger partial charge in [0.2, 0.25) is 0 Å². The van der Waals surface area contributed by atoms with Crippen molar-refractivity contribution in [2.45, 2.75) is 26.2 Å². The van der Waals surface area contributed by atoms with E-state index in [9.17, 15) is 9.59 Å². The molecule has 2 aromatic carbocycles. The Morgan fingerprint density at radius 1 is 1.15 bits per heavy atom. The molecule has 1 atom stereocenters. The predicted octanol–water partition coefficient (Wildman–Crippen LogP) is 4.63. The summed E-state index contributed by atoms with van der Waals surface area (Å²) < 4.78 is 5.22. The molecule has 0 aromatic heterocycles. The standard InChI is InChI=1S/C21H20ClNO3/c1-3-26-21(25)19-17(14-6-8-15(22)9-7-14)12-18(24)20(19)23-16-10-4-13(2)5-11-16/h4-11,17,23H,3,12H2,1-2H3. The molecular weight excluding hydrogens is 350 g/mol. The van der Waals surface area contributed by atoms with Crippen LogP contribution in [-0.2, 0) is 14.3 Å². The Hall–Kier alpha value is -2.59. The maximum absolute atomic E-state index is 12.7. The molecule has 0 saturated carbocycles. The van der Waals surface area contributed by atoms with Crippen molar-refractivity contribution >= 4 is 29.0 Å². The molecule has 1 unspecified atom stereocenters. The fourth-order valence-corrected chi connectivity index (χ4v) is 3.19. The molecule has 0 spiro atoms. The molecule has 134 valence electrons. The van der Waals surface area contributed by atoms with E-state index in [1.807, 2.05) is 43.3 Å². The van der Waals surface area contributed by atoms with E-state index in [0.717, 1.165) is 16.8 Å². The highest BCUT2D eigenvalue weighted by Gasteiger charge is 2.38. The van der Waals surface area contributed by atoms with Crippen LogP contribution in [0.3, 0.4) is 0 Å². The van der Waals surface area contributed by atoms with Crippen LogP contribution in [0.2, 0.25) is 5.02 Å². The molecule has 1 aliphatic rings. The largest absolute Gasteiger partial charge is 0.463 e. The average Bonchev–Trinajstić information content (AvgIpc) is 2.94. The van der Waals surface area contributed by atoms with Gasteiger partial charge >= 0.3 is 5.97 Å². The molecule has 0 fully saturated rings. The molecule has 3 rings (SSSR count). The van der Waals surface area contributed by atoms with Crippen LogP contribution in [0, 0.1) is 6.92 Å². The summed E-state index contributed by atoms with van der Waals surface area (Å²) in [6.45, 7) is 3.99. The van der Waals surface area contributed by atoms with E-state index in [-0.39, 0.29) is 24.7 Å². The van der Waals surface area contributed by atoms with Crippen molar-refractivity contribution in [1.82, 2.24) is 0 Å². The minimum absolute atomic E-state index is 0.103. The van der Waals surface area contributed by atoms with E-state index < -0.39 is 5.97 Å². The number of anilines is 1. The Balaban J connectivity index is 2.01. The number of carbonyl (C=O) groups is 2. The number of Topliss-reactive ketones (excluding diaryl/α,β-unsaturated/α-hetero) is 1. The smallest absolute Gasteiger partial charge is 0.336 e. The van der Waals surface area contributed by atoms with Crippen LogP contribution >= 0.6 is 11.6 Å². The SMILES string of the molecule is CCOC(=O)C1=C(Nc2ccc(C)cc2)C(=O)CC1c1ccc(Cl)cc1. The first kappa shape index (κ1) is 18.2. The van der Waals surface area contributed by atoms with E-state index in [1.165, 1.54) is 0 Å². The molecule has 0 aliphatic heterocycles. The van der Waals surface area contributed by atoms with Gasteiger partial charge in [-0.15, -0.1) is 0 Å². The van der Waals surface area contributed by atoms with E-state index in [1.54, 1.807) is 19.1 Å². The molecule has 5 heteroatoms.